The largest absolute Gasteiger partial charge is 0.481 e. The summed E-state index contributed by atoms with van der Waals surface area (Å²) in [6, 6.07) is 7.46. The minimum Gasteiger partial charge on any atom is -0.481 e. The Balaban J connectivity index is 1.89. The van der Waals surface area contributed by atoms with Crippen molar-refractivity contribution in [2.24, 2.45) is 5.92 Å². The summed E-state index contributed by atoms with van der Waals surface area (Å²) in [6.07, 6.45) is 1.16. The highest BCUT2D eigenvalue weighted by Gasteiger charge is 2.13. The smallest absolute Gasteiger partial charge is 0.306 e. The van der Waals surface area contributed by atoms with E-state index in [1.807, 2.05) is 25.1 Å². The highest BCUT2D eigenvalue weighted by atomic mass is 16.4. The van der Waals surface area contributed by atoms with Gasteiger partial charge in [-0.1, -0.05) is 18.6 Å². The lowest BCUT2D eigenvalue weighted by Gasteiger charge is -2.06. The molecule has 1 aromatic carbocycles. The molecule has 0 aliphatic rings. The van der Waals surface area contributed by atoms with Gasteiger partial charge in [-0.2, -0.15) is 0 Å². The van der Waals surface area contributed by atoms with Gasteiger partial charge in [-0.05, 0) is 38.0 Å². The number of hydrogen-bond donors (Lipinski definition) is 2. The Labute approximate surface area is 122 Å². The number of benzene rings is 1. The maximum absolute atomic E-state index is 12.0. The van der Waals surface area contributed by atoms with Crippen molar-refractivity contribution in [2.75, 3.05) is 6.54 Å². The molecule has 2 N–H and O–H groups in total. The molecule has 1 atom stereocenters. The monoisotopic (exact) mass is 289 g/mol. The zero-order valence-electron chi connectivity index (χ0n) is 12.2. The van der Waals surface area contributed by atoms with E-state index in [0.717, 1.165) is 10.9 Å². The number of carbonyl (C=O) groups excluding carboxylic acids is 1. The molecule has 1 amide bonds. The van der Waals surface area contributed by atoms with E-state index in [2.05, 4.69) is 5.32 Å². The van der Waals surface area contributed by atoms with E-state index >= 15 is 0 Å². The summed E-state index contributed by atoms with van der Waals surface area (Å²) in [7, 11) is 0. The fraction of sp³-hybridized carbons (Fsp3) is 0.375. The zero-order valence-corrected chi connectivity index (χ0v) is 12.2. The Bertz CT molecular complexity index is 659. The molecule has 1 heterocycles. The van der Waals surface area contributed by atoms with Crippen LogP contribution in [0.3, 0.4) is 0 Å². The van der Waals surface area contributed by atoms with Crippen molar-refractivity contribution in [3.63, 3.8) is 0 Å². The molecule has 0 aliphatic carbocycles. The SMILES string of the molecule is Cc1ccc2oc(C(=O)NCCCC(C)C(=O)O)cc2c1. The molecule has 0 fully saturated rings. The van der Waals surface area contributed by atoms with Crippen LogP contribution in [0, 0.1) is 12.8 Å². The predicted octanol–water partition coefficient (Wildman–Crippen LogP) is 2.97. The summed E-state index contributed by atoms with van der Waals surface area (Å²) >= 11 is 0. The van der Waals surface area contributed by atoms with E-state index in [4.69, 9.17) is 9.52 Å². The number of rotatable bonds is 6. The predicted molar refractivity (Wildman–Crippen MR) is 79.3 cm³/mol. The normalized spacial score (nSPS) is 12.3. The van der Waals surface area contributed by atoms with E-state index < -0.39 is 11.9 Å². The number of fused-ring (bicyclic) bond motifs is 1. The highest BCUT2D eigenvalue weighted by molar-refractivity contribution is 5.96. The molecule has 5 heteroatoms. The number of nitrogens with one attached hydrogen (secondary N) is 1. The quantitative estimate of drug-likeness (QED) is 0.801. The average molecular weight is 289 g/mol. The first-order valence-corrected chi connectivity index (χ1v) is 6.98. The molecule has 21 heavy (non-hydrogen) atoms. The van der Waals surface area contributed by atoms with Crippen LogP contribution in [-0.4, -0.2) is 23.5 Å². The van der Waals surface area contributed by atoms with Crippen molar-refractivity contribution < 1.29 is 19.1 Å². The van der Waals surface area contributed by atoms with Crippen molar-refractivity contribution >= 4 is 22.8 Å². The number of carboxylic acid groups (broad SMARTS) is 1. The Morgan fingerprint density at radius 2 is 2.10 bits per heavy atom. The second-order valence-corrected chi connectivity index (χ2v) is 5.29. The van der Waals surface area contributed by atoms with Gasteiger partial charge in [-0.15, -0.1) is 0 Å². The second-order valence-electron chi connectivity index (χ2n) is 5.29. The van der Waals surface area contributed by atoms with E-state index in [9.17, 15) is 9.59 Å². The van der Waals surface area contributed by atoms with E-state index in [-0.39, 0.29) is 11.7 Å². The first-order valence-electron chi connectivity index (χ1n) is 6.98. The van der Waals surface area contributed by atoms with E-state index in [1.54, 1.807) is 13.0 Å². The van der Waals surface area contributed by atoms with Crippen molar-refractivity contribution in [3.8, 4) is 0 Å². The van der Waals surface area contributed by atoms with Crippen LogP contribution in [0.25, 0.3) is 11.0 Å². The Hall–Kier alpha value is -2.30. The first kappa shape index (κ1) is 15.1. The van der Waals surface area contributed by atoms with Crippen LogP contribution in [0.4, 0.5) is 0 Å². The van der Waals surface area contributed by atoms with Crippen LogP contribution in [0.15, 0.2) is 28.7 Å². The van der Waals surface area contributed by atoms with Gasteiger partial charge in [0.25, 0.3) is 5.91 Å². The highest BCUT2D eigenvalue weighted by Crippen LogP contribution is 2.20. The molecule has 0 saturated heterocycles. The molecule has 0 spiro atoms. The first-order chi connectivity index (χ1) is 9.97. The molecule has 0 aliphatic heterocycles. The number of amides is 1. The van der Waals surface area contributed by atoms with Gasteiger partial charge in [0.1, 0.15) is 5.58 Å². The summed E-state index contributed by atoms with van der Waals surface area (Å²) in [6.45, 7) is 4.08. The van der Waals surface area contributed by atoms with Crippen molar-refractivity contribution in [1.29, 1.82) is 0 Å². The standard InChI is InChI=1S/C16H19NO4/c1-10-5-6-13-12(8-10)9-14(21-13)15(18)17-7-3-4-11(2)16(19)20/h5-6,8-9,11H,3-4,7H2,1-2H3,(H,17,18)(H,19,20). The lowest BCUT2D eigenvalue weighted by molar-refractivity contribution is -0.141. The molecular weight excluding hydrogens is 270 g/mol. The fourth-order valence-electron chi connectivity index (χ4n) is 2.10. The summed E-state index contributed by atoms with van der Waals surface area (Å²) < 4.78 is 5.50. The molecule has 0 saturated carbocycles. The maximum Gasteiger partial charge on any atom is 0.306 e. The van der Waals surface area contributed by atoms with Gasteiger partial charge in [-0.3, -0.25) is 9.59 Å². The van der Waals surface area contributed by atoms with E-state index in [0.29, 0.717) is 25.0 Å². The Kier molecular flexibility index (Phi) is 4.62. The van der Waals surface area contributed by atoms with Crippen molar-refractivity contribution in [3.05, 3.63) is 35.6 Å². The maximum atomic E-state index is 12.0. The molecule has 1 unspecified atom stereocenters. The number of carbonyl (C=O) groups is 2. The van der Waals surface area contributed by atoms with Gasteiger partial charge in [0.05, 0.1) is 5.92 Å². The average Bonchev–Trinajstić information content (AvgIpc) is 2.85. The molecule has 0 bridgehead atoms. The summed E-state index contributed by atoms with van der Waals surface area (Å²) in [4.78, 5) is 22.6. The minimum absolute atomic E-state index is 0.271. The van der Waals surface area contributed by atoms with E-state index in [1.165, 1.54) is 0 Å². The second kappa shape index (κ2) is 6.43. The topological polar surface area (TPSA) is 79.5 Å². The van der Waals surface area contributed by atoms with Gasteiger partial charge in [0.2, 0.25) is 0 Å². The number of aliphatic carboxylic acids is 1. The van der Waals surface area contributed by atoms with Crippen LogP contribution < -0.4 is 5.32 Å². The molecular formula is C16H19NO4. The third-order valence-corrected chi connectivity index (χ3v) is 3.42. The minimum atomic E-state index is -0.811. The Morgan fingerprint density at radius 3 is 2.81 bits per heavy atom. The van der Waals surface area contributed by atoms with Gasteiger partial charge in [0, 0.05) is 11.9 Å². The van der Waals surface area contributed by atoms with Crippen LogP contribution >= 0.6 is 0 Å². The third-order valence-electron chi connectivity index (χ3n) is 3.42. The van der Waals surface area contributed by atoms with Crippen LogP contribution in [0.1, 0.15) is 35.9 Å². The van der Waals surface area contributed by atoms with Gasteiger partial charge in [0.15, 0.2) is 5.76 Å². The van der Waals surface area contributed by atoms with Gasteiger partial charge in [-0.25, -0.2) is 0 Å². The number of furan rings is 1. The van der Waals surface area contributed by atoms with Gasteiger partial charge >= 0.3 is 5.97 Å². The number of carboxylic acids is 1. The molecule has 2 rings (SSSR count). The van der Waals surface area contributed by atoms with Crippen molar-refractivity contribution in [2.45, 2.75) is 26.7 Å². The van der Waals surface area contributed by atoms with Crippen LogP contribution in [0.5, 0.6) is 0 Å². The molecule has 112 valence electrons. The summed E-state index contributed by atoms with van der Waals surface area (Å²) in [5.74, 6) is -1.20. The van der Waals surface area contributed by atoms with Crippen LogP contribution in [-0.2, 0) is 4.79 Å². The fourth-order valence-corrected chi connectivity index (χ4v) is 2.10. The zero-order chi connectivity index (χ0) is 15.4. The lowest BCUT2D eigenvalue weighted by Crippen LogP contribution is -2.24. The summed E-state index contributed by atoms with van der Waals surface area (Å²) in [5.41, 5.74) is 1.79. The molecule has 0 radical (unpaired) electrons. The van der Waals surface area contributed by atoms with Crippen LogP contribution in [0.2, 0.25) is 0 Å². The number of aryl methyl sites for hydroxylation is 1. The lowest BCUT2D eigenvalue weighted by atomic mass is 10.1. The summed E-state index contributed by atoms with van der Waals surface area (Å²) in [5, 5.41) is 12.4. The molecule has 1 aromatic heterocycles. The van der Waals surface area contributed by atoms with Gasteiger partial charge < -0.3 is 14.8 Å². The molecule has 2 aromatic rings. The number of hydrogen-bond acceptors (Lipinski definition) is 3. The van der Waals surface area contributed by atoms with Crippen molar-refractivity contribution in [1.82, 2.24) is 5.32 Å². The molecule has 5 nitrogen and oxygen atoms in total. The third kappa shape index (κ3) is 3.84. The Morgan fingerprint density at radius 1 is 1.33 bits per heavy atom.